The highest BCUT2D eigenvalue weighted by Crippen LogP contribution is 2.38. The fourth-order valence-electron chi connectivity index (χ4n) is 4.54. The Hall–Kier alpha value is -3.88. The number of pyridine rings is 1. The predicted molar refractivity (Wildman–Crippen MR) is 134 cm³/mol. The lowest BCUT2D eigenvalue weighted by molar-refractivity contribution is -0.131. The molecular weight excluding hydrogens is 486 g/mol. The summed E-state index contributed by atoms with van der Waals surface area (Å²) in [5.41, 5.74) is 4.64. The van der Waals surface area contributed by atoms with Gasteiger partial charge in [0.15, 0.2) is 11.4 Å². The Labute approximate surface area is 210 Å². The van der Waals surface area contributed by atoms with Gasteiger partial charge in [-0.3, -0.25) is 9.20 Å². The number of nitrogens with zero attached hydrogens (tertiary/aromatic N) is 2. The number of ketones is 1. The number of halogens is 4. The third-order valence-corrected chi connectivity index (χ3v) is 6.65. The summed E-state index contributed by atoms with van der Waals surface area (Å²) in [6, 6.07) is 13.7. The van der Waals surface area contributed by atoms with Crippen LogP contribution in [0, 0.1) is 12.8 Å². The minimum Gasteiger partial charge on any atom is -0.507 e. The van der Waals surface area contributed by atoms with Crippen LogP contribution >= 0.6 is 0 Å². The number of alkyl halides is 4. The summed E-state index contributed by atoms with van der Waals surface area (Å²) in [5, 5.41) is 13.2. The number of aryl methyl sites for hydroxylation is 1. The number of aromatic hydroxyl groups is 1. The number of imidazole rings is 1. The molecule has 0 amide bonds. The highest BCUT2D eigenvalue weighted by molar-refractivity contribution is 5.98. The van der Waals surface area contributed by atoms with Gasteiger partial charge >= 0.3 is 6.18 Å². The molecule has 5 rings (SSSR count). The topological polar surface area (TPSA) is 66.6 Å². The second-order valence-electron chi connectivity index (χ2n) is 9.46. The highest BCUT2D eigenvalue weighted by atomic mass is 19.4. The van der Waals surface area contributed by atoms with Crippen molar-refractivity contribution in [3.05, 3.63) is 72.1 Å². The van der Waals surface area contributed by atoms with Gasteiger partial charge in [-0.1, -0.05) is 30.3 Å². The average Bonchev–Trinajstić information content (AvgIpc) is 3.35. The molecule has 0 radical (unpaired) electrons. The molecule has 0 spiro atoms. The number of carbonyl (C=O) groups excluding carboxylic acids is 1. The Morgan fingerprint density at radius 3 is 2.59 bits per heavy atom. The molecule has 4 aromatic rings. The zero-order chi connectivity index (χ0) is 26.3. The molecule has 2 aromatic carbocycles. The number of phenols is 1. The quantitative estimate of drug-likeness (QED) is 0.198. The van der Waals surface area contributed by atoms with Gasteiger partial charge < -0.3 is 10.4 Å². The molecule has 0 saturated heterocycles. The molecule has 2 aromatic heterocycles. The third-order valence-electron chi connectivity index (χ3n) is 6.65. The van der Waals surface area contributed by atoms with Crippen LogP contribution in [-0.2, 0) is 0 Å². The van der Waals surface area contributed by atoms with Crippen molar-refractivity contribution < 1.29 is 27.5 Å². The Morgan fingerprint density at radius 1 is 1.16 bits per heavy atom. The lowest BCUT2D eigenvalue weighted by Crippen LogP contribution is -2.15. The summed E-state index contributed by atoms with van der Waals surface area (Å²) >= 11 is 0. The second-order valence-corrected chi connectivity index (χ2v) is 9.46. The van der Waals surface area contributed by atoms with E-state index >= 15 is 0 Å². The van der Waals surface area contributed by atoms with Crippen molar-refractivity contribution in [1.82, 2.24) is 9.38 Å². The lowest BCUT2D eigenvalue weighted by atomic mass is 9.98. The van der Waals surface area contributed by atoms with Crippen molar-refractivity contribution in [3.8, 4) is 28.1 Å². The number of hydrogen-bond acceptors (Lipinski definition) is 4. The van der Waals surface area contributed by atoms with Crippen molar-refractivity contribution in [2.45, 2.75) is 38.5 Å². The first kappa shape index (κ1) is 24.8. The van der Waals surface area contributed by atoms with E-state index in [9.17, 15) is 27.5 Å². The summed E-state index contributed by atoms with van der Waals surface area (Å²) in [6.07, 6.45) is -2.19. The van der Waals surface area contributed by atoms with Gasteiger partial charge in [-0.15, -0.1) is 0 Å². The van der Waals surface area contributed by atoms with E-state index in [4.69, 9.17) is 0 Å². The maximum Gasteiger partial charge on any atom is 0.390 e. The number of nitrogens with one attached hydrogen (secondary N) is 1. The molecular formula is C28H25F4N3O2. The molecule has 5 nitrogen and oxygen atoms in total. The second kappa shape index (κ2) is 9.53. The normalized spacial score (nSPS) is 17.2. The number of phenolic OH excluding ortho intramolecular Hbond substituents is 1. The van der Waals surface area contributed by atoms with Gasteiger partial charge in [0, 0.05) is 47.3 Å². The fourth-order valence-corrected chi connectivity index (χ4v) is 4.54. The number of para-hydroxylation sites is 1. The van der Waals surface area contributed by atoms with Crippen LogP contribution < -0.4 is 5.32 Å². The van der Waals surface area contributed by atoms with E-state index in [0.717, 1.165) is 11.1 Å². The standard InChI is InChI=1S/C28H25F4N3O2/c1-16-10-17(6-7-20(16)26(37)13-18-11-22(18)29)24-14-34-27-23(33-9-8-28(30,31)32)12-19(15-35(24)27)21-4-2-3-5-25(21)36/h2-7,10,12,14-15,18,22,33,36H,8-9,11,13H2,1H3/t18?,22-/m0/s1. The number of aromatic nitrogens is 2. The van der Waals surface area contributed by atoms with Crippen LogP contribution in [-0.4, -0.2) is 39.2 Å². The molecule has 1 aliphatic carbocycles. The van der Waals surface area contributed by atoms with Gasteiger partial charge in [-0.05, 0) is 37.1 Å². The van der Waals surface area contributed by atoms with Crippen molar-refractivity contribution in [2.24, 2.45) is 5.92 Å². The van der Waals surface area contributed by atoms with Gasteiger partial charge in [0.1, 0.15) is 11.9 Å². The summed E-state index contributed by atoms with van der Waals surface area (Å²) in [4.78, 5) is 17.1. The molecule has 0 aliphatic heterocycles. The number of carbonyl (C=O) groups is 1. The monoisotopic (exact) mass is 511 g/mol. The van der Waals surface area contributed by atoms with E-state index in [2.05, 4.69) is 10.3 Å². The van der Waals surface area contributed by atoms with E-state index in [1.165, 1.54) is 6.07 Å². The van der Waals surface area contributed by atoms with E-state index in [-0.39, 0.29) is 30.4 Å². The molecule has 1 aliphatic rings. The highest BCUT2D eigenvalue weighted by Gasteiger charge is 2.39. The molecule has 9 heteroatoms. The van der Waals surface area contributed by atoms with Crippen LogP contribution in [0.1, 0.15) is 35.2 Å². The van der Waals surface area contributed by atoms with Gasteiger partial charge in [0.2, 0.25) is 0 Å². The maximum atomic E-state index is 13.3. The summed E-state index contributed by atoms with van der Waals surface area (Å²) in [5.74, 6) is -0.249. The molecule has 1 saturated carbocycles. The minimum absolute atomic E-state index is 0.0367. The number of fused-ring (bicyclic) bond motifs is 1. The molecule has 2 atom stereocenters. The number of rotatable bonds is 8. The molecule has 37 heavy (non-hydrogen) atoms. The maximum absolute atomic E-state index is 13.3. The molecule has 192 valence electrons. The summed E-state index contributed by atoms with van der Waals surface area (Å²) in [7, 11) is 0. The minimum atomic E-state index is -4.31. The summed E-state index contributed by atoms with van der Waals surface area (Å²) < 4.78 is 53.4. The van der Waals surface area contributed by atoms with Crippen LogP contribution in [0.5, 0.6) is 5.75 Å². The van der Waals surface area contributed by atoms with Crippen LogP contribution in [0.4, 0.5) is 23.2 Å². The zero-order valence-corrected chi connectivity index (χ0v) is 20.0. The third kappa shape index (κ3) is 5.30. The van der Waals surface area contributed by atoms with E-state index in [0.29, 0.717) is 40.1 Å². The molecule has 1 unspecified atom stereocenters. The van der Waals surface area contributed by atoms with Gasteiger partial charge in [0.25, 0.3) is 0 Å². The predicted octanol–water partition coefficient (Wildman–Crippen LogP) is 6.98. The molecule has 1 fully saturated rings. The van der Waals surface area contributed by atoms with E-state index < -0.39 is 18.8 Å². The van der Waals surface area contributed by atoms with Crippen LogP contribution in [0.2, 0.25) is 0 Å². The SMILES string of the molecule is Cc1cc(-c2cnc3c(NCCC(F)(F)F)cc(-c4ccccc4O)cn23)ccc1C(=O)CC1C[C@@H]1F. The number of hydrogen-bond donors (Lipinski definition) is 2. The van der Waals surface area contributed by atoms with Crippen molar-refractivity contribution in [1.29, 1.82) is 0 Å². The van der Waals surface area contributed by atoms with E-state index in [1.54, 1.807) is 53.2 Å². The Morgan fingerprint density at radius 2 is 1.92 bits per heavy atom. The Balaban J connectivity index is 1.54. The fraction of sp³-hybridized carbons (Fsp3) is 0.286. The first-order chi connectivity index (χ1) is 17.6. The van der Waals surface area contributed by atoms with Gasteiger partial charge in [-0.2, -0.15) is 13.2 Å². The van der Waals surface area contributed by atoms with Crippen LogP contribution in [0.15, 0.2) is 60.9 Å². The number of Topliss-reactive ketones (excluding diaryl/α,β-unsaturated/α-hetero) is 1. The first-order valence-electron chi connectivity index (χ1n) is 12.0. The zero-order valence-electron chi connectivity index (χ0n) is 20.0. The Bertz CT molecular complexity index is 1480. The van der Waals surface area contributed by atoms with Crippen LogP contribution in [0.25, 0.3) is 28.0 Å². The van der Waals surface area contributed by atoms with Crippen LogP contribution in [0.3, 0.4) is 0 Å². The van der Waals surface area contributed by atoms with E-state index in [1.807, 2.05) is 13.0 Å². The molecule has 2 heterocycles. The lowest BCUT2D eigenvalue weighted by Gasteiger charge is -2.14. The first-order valence-corrected chi connectivity index (χ1v) is 12.0. The number of benzene rings is 2. The Kier molecular flexibility index (Phi) is 6.39. The molecule has 2 N–H and O–H groups in total. The van der Waals surface area contributed by atoms with Gasteiger partial charge in [-0.25, -0.2) is 9.37 Å². The molecule has 0 bridgehead atoms. The number of anilines is 1. The van der Waals surface area contributed by atoms with Crippen molar-refractivity contribution >= 4 is 17.1 Å². The smallest absolute Gasteiger partial charge is 0.390 e. The van der Waals surface area contributed by atoms with Crippen molar-refractivity contribution in [2.75, 3.05) is 11.9 Å². The van der Waals surface area contributed by atoms with Crippen molar-refractivity contribution in [3.63, 3.8) is 0 Å². The largest absolute Gasteiger partial charge is 0.507 e. The summed E-state index contributed by atoms with van der Waals surface area (Å²) in [6.45, 7) is 1.49. The average molecular weight is 512 g/mol. The van der Waals surface area contributed by atoms with Gasteiger partial charge in [0.05, 0.1) is 24.0 Å².